The Morgan fingerprint density at radius 2 is 1.86 bits per heavy atom. The van der Waals surface area contributed by atoms with Crippen molar-refractivity contribution in [1.29, 1.82) is 0 Å². The number of rotatable bonds is 6. The summed E-state index contributed by atoms with van der Waals surface area (Å²) in [6.45, 7) is 2.77. The van der Waals surface area contributed by atoms with Gasteiger partial charge in [-0.05, 0) is 84.0 Å². The van der Waals surface area contributed by atoms with E-state index in [0.29, 0.717) is 22.4 Å². The van der Waals surface area contributed by atoms with Crippen molar-refractivity contribution in [2.45, 2.75) is 45.2 Å². The minimum atomic E-state index is 0.00383. The number of fused-ring (bicyclic) bond motifs is 1. The third kappa shape index (κ3) is 5.27. The van der Waals surface area contributed by atoms with Crippen molar-refractivity contribution >= 4 is 61.5 Å². The predicted molar refractivity (Wildman–Crippen MR) is 157 cm³/mol. The van der Waals surface area contributed by atoms with Gasteiger partial charge in [-0.1, -0.05) is 48.9 Å². The summed E-state index contributed by atoms with van der Waals surface area (Å²) in [5.41, 5.74) is 3.08. The second kappa shape index (κ2) is 11.1. The van der Waals surface area contributed by atoms with Crippen LogP contribution in [0, 0.1) is 9.62 Å². The zero-order valence-corrected chi connectivity index (χ0v) is 24.1. The largest absolute Gasteiger partial charge is 0.496 e. The minimum Gasteiger partial charge on any atom is -0.496 e. The molecule has 0 bridgehead atoms. The summed E-state index contributed by atoms with van der Waals surface area (Å²) in [4.78, 5) is 21.2. The van der Waals surface area contributed by atoms with Crippen LogP contribution in [-0.4, -0.2) is 28.9 Å². The van der Waals surface area contributed by atoms with E-state index < -0.39 is 0 Å². The van der Waals surface area contributed by atoms with E-state index >= 15 is 0 Å². The van der Waals surface area contributed by atoms with E-state index in [1.807, 2.05) is 53.6 Å². The number of carbonyl (C=O) groups excluding carboxylic acids is 1. The van der Waals surface area contributed by atoms with Crippen molar-refractivity contribution in [3.05, 3.63) is 80.0 Å². The number of pyridine rings is 1. The standard InChI is InChI=1S/C29H28ClIN2O2S/c1-18-7-11-22(12-8-18)33(29(34)28-27(30)23-5-3-4-6-25(23)36-28)17-21-15-19(9-13-24(21)35-2)20-10-14-26(31)32-16-20/h3-6,9-10,13-16,18,22H,7-8,11-12,17H2,1-2H3/t18-,22-. The molecule has 1 aliphatic carbocycles. The number of nitrogens with zero attached hydrogens (tertiary/aromatic N) is 2. The van der Waals surface area contributed by atoms with E-state index in [1.54, 1.807) is 7.11 Å². The van der Waals surface area contributed by atoms with Crippen LogP contribution in [0.1, 0.15) is 47.8 Å². The molecule has 1 saturated carbocycles. The van der Waals surface area contributed by atoms with E-state index in [2.05, 4.69) is 46.6 Å². The molecule has 5 rings (SSSR count). The summed E-state index contributed by atoms with van der Waals surface area (Å²) in [5, 5.41) is 1.50. The maximum absolute atomic E-state index is 14.1. The molecule has 4 nitrogen and oxygen atoms in total. The van der Waals surface area contributed by atoms with Gasteiger partial charge in [0.15, 0.2) is 0 Å². The molecule has 1 aliphatic rings. The van der Waals surface area contributed by atoms with Crippen LogP contribution in [0.25, 0.3) is 21.2 Å². The number of methoxy groups -OCH3 is 1. The average Bonchev–Trinajstić information content (AvgIpc) is 3.24. The Hall–Kier alpha value is -2.16. The average molecular weight is 631 g/mol. The lowest BCUT2D eigenvalue weighted by Crippen LogP contribution is -2.41. The van der Waals surface area contributed by atoms with Crippen LogP contribution in [0.2, 0.25) is 5.02 Å². The van der Waals surface area contributed by atoms with Crippen molar-refractivity contribution in [2.24, 2.45) is 5.92 Å². The Balaban J connectivity index is 1.53. The Morgan fingerprint density at radius 1 is 1.11 bits per heavy atom. The number of thiophene rings is 1. The maximum atomic E-state index is 14.1. The number of halogens is 2. The van der Waals surface area contributed by atoms with Gasteiger partial charge < -0.3 is 9.64 Å². The fourth-order valence-corrected chi connectivity index (χ4v) is 6.80. The van der Waals surface area contributed by atoms with Crippen LogP contribution in [-0.2, 0) is 6.54 Å². The van der Waals surface area contributed by atoms with E-state index in [0.717, 1.165) is 61.9 Å². The van der Waals surface area contributed by atoms with Gasteiger partial charge >= 0.3 is 0 Å². The topological polar surface area (TPSA) is 42.4 Å². The lowest BCUT2D eigenvalue weighted by molar-refractivity contribution is 0.0597. The highest BCUT2D eigenvalue weighted by Crippen LogP contribution is 2.38. The number of hydrogen-bond acceptors (Lipinski definition) is 4. The van der Waals surface area contributed by atoms with Crippen LogP contribution < -0.4 is 4.74 Å². The van der Waals surface area contributed by atoms with E-state index in [4.69, 9.17) is 16.3 Å². The summed E-state index contributed by atoms with van der Waals surface area (Å²) < 4.78 is 7.73. The molecule has 0 atom stereocenters. The van der Waals surface area contributed by atoms with Crippen LogP contribution in [0.3, 0.4) is 0 Å². The summed E-state index contributed by atoms with van der Waals surface area (Å²) >= 11 is 10.5. The Bertz CT molecular complexity index is 1380. The van der Waals surface area contributed by atoms with Gasteiger partial charge in [-0.2, -0.15) is 0 Å². The van der Waals surface area contributed by atoms with Crippen molar-refractivity contribution in [2.75, 3.05) is 7.11 Å². The lowest BCUT2D eigenvalue weighted by Gasteiger charge is -2.36. The third-order valence-corrected chi connectivity index (χ3v) is 9.40. The molecule has 0 spiro atoms. The molecule has 0 aliphatic heterocycles. The van der Waals surface area contributed by atoms with Crippen molar-refractivity contribution in [3.8, 4) is 16.9 Å². The quantitative estimate of drug-likeness (QED) is 0.159. The van der Waals surface area contributed by atoms with Gasteiger partial charge in [0.1, 0.15) is 14.3 Å². The number of hydrogen-bond donors (Lipinski definition) is 0. The minimum absolute atomic E-state index is 0.00383. The van der Waals surface area contributed by atoms with Crippen LogP contribution in [0.15, 0.2) is 60.8 Å². The molecule has 0 saturated heterocycles. The Labute approximate surface area is 234 Å². The summed E-state index contributed by atoms with van der Waals surface area (Å²) in [6.07, 6.45) is 6.13. The maximum Gasteiger partial charge on any atom is 0.266 e. The normalized spacial score (nSPS) is 17.8. The number of ether oxygens (including phenoxy) is 1. The highest BCUT2D eigenvalue weighted by atomic mass is 127. The monoisotopic (exact) mass is 630 g/mol. The molecule has 4 aromatic rings. The van der Waals surface area contributed by atoms with E-state index in [9.17, 15) is 4.79 Å². The van der Waals surface area contributed by atoms with Crippen LogP contribution in [0.4, 0.5) is 0 Å². The molecule has 0 N–H and O–H groups in total. The molecular formula is C29H28ClIN2O2S. The van der Waals surface area contributed by atoms with Crippen LogP contribution >= 0.6 is 45.5 Å². The molecule has 1 fully saturated rings. The van der Waals surface area contributed by atoms with E-state index in [1.165, 1.54) is 11.3 Å². The second-order valence-electron chi connectivity index (χ2n) is 9.48. The summed E-state index contributed by atoms with van der Waals surface area (Å²) in [7, 11) is 1.68. The number of benzene rings is 2. The highest BCUT2D eigenvalue weighted by Gasteiger charge is 2.31. The Kier molecular flexibility index (Phi) is 7.84. The van der Waals surface area contributed by atoms with Gasteiger partial charge in [0.05, 0.1) is 12.1 Å². The molecule has 0 radical (unpaired) electrons. The molecule has 186 valence electrons. The molecule has 7 heteroatoms. The molecule has 0 unspecified atom stereocenters. The molecule has 2 heterocycles. The predicted octanol–water partition coefficient (Wildman–Crippen LogP) is 8.45. The summed E-state index contributed by atoms with van der Waals surface area (Å²) in [5.74, 6) is 1.48. The van der Waals surface area contributed by atoms with Crippen LogP contribution in [0.5, 0.6) is 5.75 Å². The number of aromatic nitrogens is 1. The third-order valence-electron chi connectivity index (χ3n) is 7.10. The fraction of sp³-hybridized carbons (Fsp3) is 0.310. The zero-order valence-electron chi connectivity index (χ0n) is 20.3. The fourth-order valence-electron chi connectivity index (χ4n) is 5.01. The first kappa shape index (κ1) is 25.5. The van der Waals surface area contributed by atoms with Gasteiger partial charge in [-0.15, -0.1) is 11.3 Å². The van der Waals surface area contributed by atoms with Gasteiger partial charge in [-0.25, -0.2) is 4.98 Å². The summed E-state index contributed by atoms with van der Waals surface area (Å²) in [6, 6.07) is 18.4. The highest BCUT2D eigenvalue weighted by molar-refractivity contribution is 14.1. The first-order chi connectivity index (χ1) is 17.4. The SMILES string of the molecule is COc1ccc(-c2ccc(I)nc2)cc1CN(C(=O)c1sc2ccccc2c1Cl)[C@H]1CC[C@H](C)CC1. The zero-order chi connectivity index (χ0) is 25.2. The Morgan fingerprint density at radius 3 is 2.56 bits per heavy atom. The molecule has 2 aromatic carbocycles. The second-order valence-corrected chi connectivity index (χ2v) is 12.0. The first-order valence-electron chi connectivity index (χ1n) is 12.2. The molecule has 2 aromatic heterocycles. The van der Waals surface area contributed by atoms with E-state index in [-0.39, 0.29) is 11.9 Å². The number of amides is 1. The molecule has 36 heavy (non-hydrogen) atoms. The van der Waals surface area contributed by atoms with Gasteiger partial charge in [0.2, 0.25) is 0 Å². The van der Waals surface area contributed by atoms with Gasteiger partial charge in [0.25, 0.3) is 5.91 Å². The van der Waals surface area contributed by atoms with Gasteiger partial charge in [0, 0.05) is 40.0 Å². The van der Waals surface area contributed by atoms with Gasteiger partial charge in [-0.3, -0.25) is 4.79 Å². The molecular weight excluding hydrogens is 603 g/mol. The smallest absolute Gasteiger partial charge is 0.266 e. The molecule has 1 amide bonds. The van der Waals surface area contributed by atoms with Crippen molar-refractivity contribution in [1.82, 2.24) is 9.88 Å². The lowest BCUT2D eigenvalue weighted by atomic mass is 9.86. The first-order valence-corrected chi connectivity index (χ1v) is 14.5. The van der Waals surface area contributed by atoms with Crippen molar-refractivity contribution < 1.29 is 9.53 Å². The van der Waals surface area contributed by atoms with Crippen molar-refractivity contribution in [3.63, 3.8) is 0 Å². The number of carbonyl (C=O) groups is 1.